The van der Waals surface area contributed by atoms with Gasteiger partial charge >= 0.3 is 0 Å². The van der Waals surface area contributed by atoms with Gasteiger partial charge in [0.05, 0.1) is 5.92 Å². The van der Waals surface area contributed by atoms with Gasteiger partial charge in [-0.05, 0) is 18.6 Å². The van der Waals surface area contributed by atoms with Gasteiger partial charge in [-0.25, -0.2) is 5.43 Å². The highest BCUT2D eigenvalue weighted by molar-refractivity contribution is 5.99. The van der Waals surface area contributed by atoms with E-state index in [1.807, 2.05) is 32.3 Å². The first kappa shape index (κ1) is 11.0. The minimum Gasteiger partial charge on any atom is -0.350 e. The van der Waals surface area contributed by atoms with Crippen LogP contribution in [0.3, 0.4) is 0 Å². The Balaban J connectivity index is 2.15. The molecule has 1 aliphatic rings. The van der Waals surface area contributed by atoms with E-state index >= 15 is 0 Å². The van der Waals surface area contributed by atoms with Crippen molar-refractivity contribution in [2.45, 2.75) is 19.3 Å². The summed E-state index contributed by atoms with van der Waals surface area (Å²) in [7, 11) is 2.01. The molecule has 1 unspecified atom stereocenters. The summed E-state index contributed by atoms with van der Waals surface area (Å²) >= 11 is 0. The van der Waals surface area contributed by atoms with Crippen molar-refractivity contribution in [1.29, 1.82) is 0 Å². The summed E-state index contributed by atoms with van der Waals surface area (Å²) in [5.74, 6) is -0.148. The van der Waals surface area contributed by atoms with Crippen molar-refractivity contribution in [1.82, 2.24) is 9.99 Å². The Morgan fingerprint density at radius 2 is 2.17 bits per heavy atom. The van der Waals surface area contributed by atoms with E-state index in [0.29, 0.717) is 6.42 Å². The van der Waals surface area contributed by atoms with Gasteiger partial charge in [-0.15, -0.1) is 0 Å². The summed E-state index contributed by atoms with van der Waals surface area (Å²) in [5, 5.41) is 5.13. The van der Waals surface area contributed by atoms with E-state index in [-0.39, 0.29) is 11.8 Å². The van der Waals surface area contributed by atoms with Crippen LogP contribution in [0.25, 0.3) is 10.9 Å². The third kappa shape index (κ3) is 1.61. The molecule has 1 amide bonds. The highest BCUT2D eigenvalue weighted by Gasteiger charge is 2.27. The first-order valence-electron chi connectivity index (χ1n) is 6.04. The number of fused-ring (bicyclic) bond motifs is 1. The molecule has 1 aromatic carbocycles. The molecule has 0 aliphatic carbocycles. The molecule has 0 fully saturated rings. The van der Waals surface area contributed by atoms with Gasteiger partial charge in [-0.1, -0.05) is 18.2 Å². The summed E-state index contributed by atoms with van der Waals surface area (Å²) in [5.41, 5.74) is 5.80. The number of para-hydroxylation sites is 1. The number of aromatic nitrogens is 1. The number of hydrogen-bond acceptors (Lipinski definition) is 2. The Morgan fingerprint density at radius 1 is 1.39 bits per heavy atom. The predicted octanol–water partition coefficient (Wildman–Crippen LogP) is 2.16. The van der Waals surface area contributed by atoms with Crippen LogP contribution in [0.5, 0.6) is 0 Å². The Hall–Kier alpha value is -2.10. The summed E-state index contributed by atoms with van der Waals surface area (Å²) in [4.78, 5) is 12.0. The standard InChI is InChI=1S/C14H15N3O/c1-9-7-11(14(18)16-15-9)12-8-17(2)13-6-4-3-5-10(12)13/h3-6,8,11H,7H2,1-2H3,(H,16,18). The maximum Gasteiger partial charge on any atom is 0.248 e. The molecular formula is C14H15N3O. The van der Waals surface area contributed by atoms with Crippen LogP contribution in [0.4, 0.5) is 0 Å². The zero-order chi connectivity index (χ0) is 12.7. The van der Waals surface area contributed by atoms with Gasteiger partial charge in [0.25, 0.3) is 0 Å². The third-order valence-electron chi connectivity index (χ3n) is 3.48. The monoisotopic (exact) mass is 241 g/mol. The van der Waals surface area contributed by atoms with Gasteiger partial charge in [-0.2, -0.15) is 5.10 Å². The first-order chi connectivity index (χ1) is 8.66. The fraction of sp³-hybridized carbons (Fsp3) is 0.286. The largest absolute Gasteiger partial charge is 0.350 e. The topological polar surface area (TPSA) is 46.4 Å². The van der Waals surface area contributed by atoms with Crippen molar-refractivity contribution in [2.75, 3.05) is 0 Å². The number of carbonyl (C=O) groups is 1. The molecule has 0 saturated carbocycles. The Labute approximate surface area is 105 Å². The molecule has 4 nitrogen and oxygen atoms in total. The fourth-order valence-corrected chi connectivity index (χ4v) is 2.56. The van der Waals surface area contributed by atoms with Crippen LogP contribution < -0.4 is 5.43 Å². The number of nitrogens with zero attached hydrogens (tertiary/aromatic N) is 2. The molecule has 4 heteroatoms. The van der Waals surface area contributed by atoms with Gasteiger partial charge in [0.15, 0.2) is 0 Å². The van der Waals surface area contributed by atoms with Gasteiger partial charge in [0.2, 0.25) is 5.91 Å². The molecule has 1 atom stereocenters. The van der Waals surface area contributed by atoms with Crippen molar-refractivity contribution < 1.29 is 4.79 Å². The van der Waals surface area contributed by atoms with Crippen molar-refractivity contribution in [2.24, 2.45) is 12.1 Å². The molecule has 1 N–H and O–H groups in total. The lowest BCUT2D eigenvalue weighted by molar-refractivity contribution is -0.122. The van der Waals surface area contributed by atoms with Crippen molar-refractivity contribution in [3.8, 4) is 0 Å². The third-order valence-corrected chi connectivity index (χ3v) is 3.48. The summed E-state index contributed by atoms with van der Waals surface area (Å²) < 4.78 is 2.07. The maximum atomic E-state index is 12.0. The second-order valence-corrected chi connectivity index (χ2v) is 4.79. The number of rotatable bonds is 1. The zero-order valence-corrected chi connectivity index (χ0v) is 10.5. The zero-order valence-electron chi connectivity index (χ0n) is 10.5. The number of hydrogen-bond donors (Lipinski definition) is 1. The van der Waals surface area contributed by atoms with Crippen LogP contribution in [-0.2, 0) is 11.8 Å². The minimum absolute atomic E-state index is 0.0167. The number of hydrazone groups is 1. The summed E-state index contributed by atoms with van der Waals surface area (Å²) in [6, 6.07) is 8.16. The smallest absolute Gasteiger partial charge is 0.248 e. The second kappa shape index (κ2) is 3.98. The lowest BCUT2D eigenvalue weighted by Gasteiger charge is -2.19. The fourth-order valence-electron chi connectivity index (χ4n) is 2.56. The lowest BCUT2D eigenvalue weighted by atomic mass is 9.92. The first-order valence-corrected chi connectivity index (χ1v) is 6.04. The van der Waals surface area contributed by atoms with Gasteiger partial charge in [-0.3, -0.25) is 4.79 Å². The van der Waals surface area contributed by atoms with Gasteiger partial charge in [0.1, 0.15) is 0 Å². The number of carbonyl (C=O) groups excluding carboxylic acids is 1. The molecule has 1 aromatic heterocycles. The number of amides is 1. The van der Waals surface area contributed by atoms with E-state index < -0.39 is 0 Å². The van der Waals surface area contributed by atoms with E-state index in [0.717, 1.165) is 22.2 Å². The number of benzene rings is 1. The van der Waals surface area contributed by atoms with Crippen LogP contribution in [0, 0.1) is 0 Å². The SMILES string of the molecule is CC1=NNC(=O)C(c2cn(C)c3ccccc23)C1. The Bertz CT molecular complexity index is 654. The second-order valence-electron chi connectivity index (χ2n) is 4.79. The average molecular weight is 241 g/mol. The number of nitrogens with one attached hydrogen (secondary N) is 1. The molecule has 18 heavy (non-hydrogen) atoms. The molecule has 1 aliphatic heterocycles. The highest BCUT2D eigenvalue weighted by Crippen LogP contribution is 2.31. The molecular weight excluding hydrogens is 226 g/mol. The van der Waals surface area contributed by atoms with Crippen LogP contribution in [0.15, 0.2) is 35.6 Å². The van der Waals surface area contributed by atoms with Gasteiger partial charge in [0, 0.05) is 36.3 Å². The van der Waals surface area contributed by atoms with Gasteiger partial charge < -0.3 is 4.57 Å². The maximum absolute atomic E-state index is 12.0. The van der Waals surface area contributed by atoms with Crippen LogP contribution in [0.2, 0.25) is 0 Å². The molecule has 0 saturated heterocycles. The Morgan fingerprint density at radius 3 is 3.00 bits per heavy atom. The normalized spacial score (nSPS) is 19.8. The highest BCUT2D eigenvalue weighted by atomic mass is 16.2. The summed E-state index contributed by atoms with van der Waals surface area (Å²) in [6.45, 7) is 1.94. The number of aryl methyl sites for hydroxylation is 1. The van der Waals surface area contributed by atoms with Crippen LogP contribution >= 0.6 is 0 Å². The Kier molecular flexibility index (Phi) is 2.44. The van der Waals surface area contributed by atoms with E-state index in [9.17, 15) is 4.79 Å². The summed E-state index contributed by atoms with van der Waals surface area (Å²) in [6.07, 6.45) is 2.74. The molecule has 3 rings (SSSR count). The van der Waals surface area contributed by atoms with Crippen molar-refractivity contribution >= 4 is 22.5 Å². The van der Waals surface area contributed by atoms with E-state index in [2.05, 4.69) is 27.2 Å². The predicted molar refractivity (Wildman–Crippen MR) is 71.5 cm³/mol. The molecule has 0 spiro atoms. The molecule has 2 heterocycles. The van der Waals surface area contributed by atoms with Crippen molar-refractivity contribution in [3.05, 3.63) is 36.0 Å². The van der Waals surface area contributed by atoms with Crippen molar-refractivity contribution in [3.63, 3.8) is 0 Å². The lowest BCUT2D eigenvalue weighted by Crippen LogP contribution is -2.32. The van der Waals surface area contributed by atoms with E-state index in [1.54, 1.807) is 0 Å². The van der Waals surface area contributed by atoms with Crippen LogP contribution in [-0.4, -0.2) is 16.2 Å². The quantitative estimate of drug-likeness (QED) is 0.817. The minimum atomic E-state index is -0.131. The van der Waals surface area contributed by atoms with Crippen LogP contribution in [0.1, 0.15) is 24.8 Å². The molecule has 0 bridgehead atoms. The van der Waals surface area contributed by atoms with E-state index in [1.165, 1.54) is 0 Å². The van der Waals surface area contributed by atoms with E-state index in [4.69, 9.17) is 0 Å². The molecule has 92 valence electrons. The molecule has 0 radical (unpaired) electrons. The average Bonchev–Trinajstić information content (AvgIpc) is 2.71. The molecule has 2 aromatic rings.